The van der Waals surface area contributed by atoms with Gasteiger partial charge in [-0.1, -0.05) is 36.4 Å². The zero-order valence-electron chi connectivity index (χ0n) is 19.6. The minimum Gasteiger partial charge on any atom is -0.459 e. The number of nitrogens with zero attached hydrogens (tertiary/aromatic N) is 3. The third-order valence-electron chi connectivity index (χ3n) is 6.12. The van der Waals surface area contributed by atoms with Gasteiger partial charge < -0.3 is 20.0 Å². The van der Waals surface area contributed by atoms with Crippen LogP contribution in [0.15, 0.2) is 95.5 Å². The number of carbonyl (C=O) groups is 1. The lowest BCUT2D eigenvalue weighted by Crippen LogP contribution is -2.32. The van der Waals surface area contributed by atoms with E-state index in [1.807, 2.05) is 53.4 Å². The number of nitro benzene ring substituents is 1. The Hall–Kier alpha value is -4.57. The van der Waals surface area contributed by atoms with E-state index in [2.05, 4.69) is 15.6 Å². The summed E-state index contributed by atoms with van der Waals surface area (Å²) in [6.07, 6.45) is 1.90. The maximum absolute atomic E-state index is 12.7. The van der Waals surface area contributed by atoms with Crippen molar-refractivity contribution in [2.45, 2.75) is 18.5 Å². The Balaban J connectivity index is 1.43. The summed E-state index contributed by atoms with van der Waals surface area (Å²) in [5, 5.41) is 18.2. The first-order chi connectivity index (χ1) is 18.0. The smallest absolute Gasteiger partial charge is 0.280 e. The lowest BCUT2D eigenvalue weighted by atomic mass is 10.0. The van der Waals surface area contributed by atoms with Crippen molar-refractivity contribution in [2.24, 2.45) is 0 Å². The number of anilines is 1. The number of hydrogen-bond acceptors (Lipinski definition) is 6. The molecule has 10 heteroatoms. The van der Waals surface area contributed by atoms with Gasteiger partial charge in [0.15, 0.2) is 5.11 Å². The van der Waals surface area contributed by atoms with Gasteiger partial charge in [0, 0.05) is 30.9 Å². The first-order valence-corrected chi connectivity index (χ1v) is 12.1. The molecule has 186 valence electrons. The average molecular weight is 514 g/mol. The van der Waals surface area contributed by atoms with Gasteiger partial charge in [-0.05, 0) is 54.7 Å². The second kappa shape index (κ2) is 10.6. The fourth-order valence-corrected chi connectivity index (χ4v) is 4.75. The van der Waals surface area contributed by atoms with Crippen molar-refractivity contribution in [3.05, 3.63) is 113 Å². The number of nitrogens with one attached hydrogen (secondary N) is 2. The molecule has 1 amide bonds. The van der Waals surface area contributed by atoms with Gasteiger partial charge >= 0.3 is 0 Å². The third kappa shape index (κ3) is 5.19. The molecule has 2 atom stereocenters. The number of benzene rings is 2. The van der Waals surface area contributed by atoms with Crippen molar-refractivity contribution in [3.8, 4) is 11.3 Å². The molecule has 2 N–H and O–H groups in total. The predicted octanol–water partition coefficient (Wildman–Crippen LogP) is 5.25. The first-order valence-electron chi connectivity index (χ1n) is 11.7. The van der Waals surface area contributed by atoms with Gasteiger partial charge in [-0.15, -0.1) is 0 Å². The molecule has 0 radical (unpaired) electrons. The lowest BCUT2D eigenvalue weighted by Gasteiger charge is -2.25. The van der Waals surface area contributed by atoms with E-state index in [4.69, 9.17) is 16.6 Å². The van der Waals surface area contributed by atoms with Gasteiger partial charge in [-0.2, -0.15) is 0 Å². The number of hydrogen-bond donors (Lipinski definition) is 2. The summed E-state index contributed by atoms with van der Waals surface area (Å²) in [5.41, 5.74) is 1.82. The molecule has 0 aliphatic carbocycles. The van der Waals surface area contributed by atoms with E-state index in [1.165, 1.54) is 6.07 Å². The lowest BCUT2D eigenvalue weighted by molar-refractivity contribution is -0.384. The molecule has 5 rings (SSSR count). The van der Waals surface area contributed by atoms with E-state index in [9.17, 15) is 14.9 Å². The summed E-state index contributed by atoms with van der Waals surface area (Å²) in [7, 11) is 0. The SMILES string of the molecule is O=C(CCN1C(=S)N[C@H](c2ccccn2)[C@H]1c1ccc(-c2ccccc2[N+](=O)[O-])o1)Nc1ccccc1. The number of rotatable bonds is 8. The molecule has 9 nitrogen and oxygen atoms in total. The monoisotopic (exact) mass is 513 g/mol. The molecular formula is C27H23N5O4S. The number of carbonyl (C=O) groups excluding carboxylic acids is 1. The zero-order chi connectivity index (χ0) is 25.8. The van der Waals surface area contributed by atoms with Gasteiger partial charge in [0.05, 0.1) is 22.2 Å². The number of thiocarbonyl (C=S) groups is 1. The Morgan fingerprint density at radius 1 is 1.05 bits per heavy atom. The maximum Gasteiger partial charge on any atom is 0.280 e. The minimum atomic E-state index is -0.432. The van der Waals surface area contributed by atoms with Crippen LogP contribution in [-0.4, -0.2) is 32.4 Å². The summed E-state index contributed by atoms with van der Waals surface area (Å²) >= 11 is 5.66. The predicted molar refractivity (Wildman–Crippen MR) is 143 cm³/mol. The van der Waals surface area contributed by atoms with Crippen LogP contribution in [0.4, 0.5) is 11.4 Å². The first kappa shape index (κ1) is 24.1. The second-order valence-electron chi connectivity index (χ2n) is 8.46. The Bertz CT molecular complexity index is 1430. The number of furan rings is 1. The number of aromatic nitrogens is 1. The number of amides is 1. The number of para-hydroxylation sites is 2. The van der Waals surface area contributed by atoms with Crippen molar-refractivity contribution in [3.63, 3.8) is 0 Å². The fourth-order valence-electron chi connectivity index (χ4n) is 4.42. The summed E-state index contributed by atoms with van der Waals surface area (Å²) < 4.78 is 6.20. The second-order valence-corrected chi connectivity index (χ2v) is 8.85. The van der Waals surface area contributed by atoms with Crippen LogP contribution in [-0.2, 0) is 4.79 Å². The molecule has 1 fully saturated rings. The highest BCUT2D eigenvalue weighted by Gasteiger charge is 2.41. The minimum absolute atomic E-state index is 0.0424. The molecular weight excluding hydrogens is 490 g/mol. The third-order valence-corrected chi connectivity index (χ3v) is 6.47. The van der Waals surface area contributed by atoms with Crippen LogP contribution in [0.1, 0.15) is 30.0 Å². The quantitative estimate of drug-likeness (QED) is 0.187. The van der Waals surface area contributed by atoms with E-state index >= 15 is 0 Å². The molecule has 2 aromatic heterocycles. The standard InChI is InChI=1S/C27H23N5O4S/c33-24(29-18-8-2-1-3-9-18)15-17-31-26(25(30-27(31)37)20-11-6-7-16-28-20)23-14-13-22(36-23)19-10-4-5-12-21(19)32(34)35/h1-14,16,25-26H,15,17H2,(H,29,33)(H,30,37)/t25-,26-/m1/s1. The highest BCUT2D eigenvalue weighted by atomic mass is 32.1. The molecule has 2 aromatic carbocycles. The Morgan fingerprint density at radius 2 is 1.81 bits per heavy atom. The van der Waals surface area contributed by atoms with E-state index < -0.39 is 11.0 Å². The Labute approximate surface area is 218 Å². The molecule has 0 saturated carbocycles. The van der Waals surface area contributed by atoms with E-state index in [1.54, 1.807) is 36.5 Å². The van der Waals surface area contributed by atoms with Crippen LogP contribution in [0.5, 0.6) is 0 Å². The van der Waals surface area contributed by atoms with Crippen molar-refractivity contribution in [2.75, 3.05) is 11.9 Å². The van der Waals surface area contributed by atoms with Crippen LogP contribution < -0.4 is 10.6 Å². The molecule has 1 saturated heterocycles. The molecule has 0 spiro atoms. The topological polar surface area (TPSA) is 114 Å². The molecule has 37 heavy (non-hydrogen) atoms. The van der Waals surface area contributed by atoms with Crippen LogP contribution >= 0.6 is 12.2 Å². The van der Waals surface area contributed by atoms with E-state index in [0.717, 1.165) is 11.4 Å². The van der Waals surface area contributed by atoms with Crippen LogP contribution in [0.3, 0.4) is 0 Å². The summed E-state index contributed by atoms with van der Waals surface area (Å²) in [4.78, 5) is 30.2. The van der Waals surface area contributed by atoms with E-state index in [0.29, 0.717) is 28.7 Å². The van der Waals surface area contributed by atoms with Gasteiger partial charge in [-0.25, -0.2) is 0 Å². The van der Waals surface area contributed by atoms with Gasteiger partial charge in [0.1, 0.15) is 17.6 Å². The Kier molecular flexibility index (Phi) is 6.91. The average Bonchev–Trinajstić information content (AvgIpc) is 3.53. The van der Waals surface area contributed by atoms with Gasteiger partial charge in [0.2, 0.25) is 5.91 Å². The van der Waals surface area contributed by atoms with Gasteiger partial charge in [-0.3, -0.25) is 19.9 Å². The molecule has 1 aliphatic heterocycles. The van der Waals surface area contributed by atoms with Crippen LogP contribution in [0.25, 0.3) is 11.3 Å². The normalized spacial score (nSPS) is 16.9. The zero-order valence-corrected chi connectivity index (χ0v) is 20.4. The summed E-state index contributed by atoms with van der Waals surface area (Å²) in [6, 6.07) is 24.1. The van der Waals surface area contributed by atoms with Crippen molar-refractivity contribution < 1.29 is 14.1 Å². The number of nitro groups is 1. The fraction of sp³-hybridized carbons (Fsp3) is 0.148. The largest absolute Gasteiger partial charge is 0.459 e. The molecule has 0 unspecified atom stereocenters. The Morgan fingerprint density at radius 3 is 2.57 bits per heavy atom. The molecule has 0 bridgehead atoms. The molecule has 4 aromatic rings. The van der Waals surface area contributed by atoms with Crippen molar-refractivity contribution in [1.29, 1.82) is 0 Å². The highest BCUT2D eigenvalue weighted by molar-refractivity contribution is 7.80. The summed E-state index contributed by atoms with van der Waals surface area (Å²) in [5.74, 6) is 0.787. The van der Waals surface area contributed by atoms with Gasteiger partial charge in [0.25, 0.3) is 5.69 Å². The molecule has 3 heterocycles. The maximum atomic E-state index is 12.7. The molecule has 1 aliphatic rings. The van der Waals surface area contributed by atoms with Crippen LogP contribution in [0, 0.1) is 10.1 Å². The van der Waals surface area contributed by atoms with Crippen molar-refractivity contribution in [1.82, 2.24) is 15.2 Å². The van der Waals surface area contributed by atoms with Crippen LogP contribution in [0.2, 0.25) is 0 Å². The number of pyridine rings is 1. The highest BCUT2D eigenvalue weighted by Crippen LogP contribution is 2.41. The van der Waals surface area contributed by atoms with Crippen molar-refractivity contribution >= 4 is 34.6 Å². The van der Waals surface area contributed by atoms with E-state index in [-0.39, 0.29) is 24.1 Å². The summed E-state index contributed by atoms with van der Waals surface area (Å²) in [6.45, 7) is 0.333.